The average molecular weight is 418 g/mol. The molecule has 3 rings (SSSR count). The molecule has 0 atom stereocenters. The molecule has 0 saturated carbocycles. The molecule has 1 heterocycles. The third-order valence-corrected chi connectivity index (χ3v) is 6.42. The van der Waals surface area contributed by atoms with Crippen LogP contribution in [0.1, 0.15) is 28.8 Å². The van der Waals surface area contributed by atoms with E-state index >= 15 is 0 Å². The number of aromatic hydroxyl groups is 1. The van der Waals surface area contributed by atoms with Gasteiger partial charge in [0.2, 0.25) is 10.0 Å². The summed E-state index contributed by atoms with van der Waals surface area (Å²) in [5.74, 6) is -1.69. The number of carbonyl (C=O) groups is 2. The highest BCUT2D eigenvalue weighted by molar-refractivity contribution is 7.89. The minimum atomic E-state index is -3.60. The fourth-order valence-corrected chi connectivity index (χ4v) is 4.59. The molecule has 154 valence electrons. The van der Waals surface area contributed by atoms with Crippen molar-refractivity contribution < 1.29 is 27.9 Å². The summed E-state index contributed by atoms with van der Waals surface area (Å²) in [4.78, 5) is 24.3. The van der Waals surface area contributed by atoms with Crippen LogP contribution in [0.2, 0.25) is 0 Å². The minimum absolute atomic E-state index is 0.0310. The van der Waals surface area contributed by atoms with Crippen LogP contribution in [0.3, 0.4) is 0 Å². The molecule has 1 amide bonds. The van der Waals surface area contributed by atoms with Gasteiger partial charge in [0.25, 0.3) is 5.91 Å². The van der Waals surface area contributed by atoms with Crippen LogP contribution in [-0.4, -0.2) is 49.4 Å². The van der Waals surface area contributed by atoms with E-state index in [4.69, 9.17) is 4.74 Å². The predicted octanol–water partition coefficient (Wildman–Crippen LogP) is 2.28. The summed E-state index contributed by atoms with van der Waals surface area (Å²) < 4.78 is 31.6. The summed E-state index contributed by atoms with van der Waals surface area (Å²) in [5, 5.41) is 12.3. The molecule has 2 N–H and O–H groups in total. The Labute approximate surface area is 169 Å². The Balaban J connectivity index is 1.62. The number of phenols is 1. The van der Waals surface area contributed by atoms with E-state index in [0.29, 0.717) is 13.1 Å². The van der Waals surface area contributed by atoms with Crippen molar-refractivity contribution in [2.24, 2.45) is 0 Å². The molecule has 1 aliphatic rings. The van der Waals surface area contributed by atoms with Gasteiger partial charge in [0.1, 0.15) is 11.3 Å². The summed E-state index contributed by atoms with van der Waals surface area (Å²) >= 11 is 0. The quantitative estimate of drug-likeness (QED) is 0.696. The molecule has 1 saturated heterocycles. The number of nitrogens with zero attached hydrogens (tertiary/aromatic N) is 1. The average Bonchev–Trinajstić information content (AvgIpc) is 3.24. The molecule has 0 aromatic heterocycles. The zero-order chi connectivity index (χ0) is 21.0. The SMILES string of the molecule is Cc1ccc(O)c(C(=O)OCC(=O)Nc2cccc(S(=O)(=O)N3CCCC3)c2)c1. The smallest absolute Gasteiger partial charge is 0.342 e. The van der Waals surface area contributed by atoms with Gasteiger partial charge in [-0.15, -0.1) is 0 Å². The van der Waals surface area contributed by atoms with Crippen LogP contribution < -0.4 is 5.32 Å². The molecule has 1 aliphatic heterocycles. The molecule has 9 heteroatoms. The number of sulfonamides is 1. The van der Waals surface area contributed by atoms with E-state index in [1.807, 2.05) is 0 Å². The van der Waals surface area contributed by atoms with E-state index in [9.17, 15) is 23.1 Å². The lowest BCUT2D eigenvalue weighted by atomic mass is 10.1. The van der Waals surface area contributed by atoms with E-state index < -0.39 is 28.5 Å². The molecule has 0 spiro atoms. The van der Waals surface area contributed by atoms with Gasteiger partial charge < -0.3 is 15.2 Å². The van der Waals surface area contributed by atoms with Gasteiger partial charge >= 0.3 is 5.97 Å². The predicted molar refractivity (Wildman–Crippen MR) is 106 cm³/mol. The topological polar surface area (TPSA) is 113 Å². The maximum absolute atomic E-state index is 12.6. The lowest BCUT2D eigenvalue weighted by Gasteiger charge is -2.16. The number of rotatable bonds is 6. The van der Waals surface area contributed by atoms with Gasteiger partial charge in [-0.2, -0.15) is 4.31 Å². The summed E-state index contributed by atoms with van der Waals surface area (Å²) in [5.41, 5.74) is 1.01. The highest BCUT2D eigenvalue weighted by atomic mass is 32.2. The minimum Gasteiger partial charge on any atom is -0.507 e. The maximum Gasteiger partial charge on any atom is 0.342 e. The van der Waals surface area contributed by atoms with Crippen molar-refractivity contribution >= 4 is 27.6 Å². The number of anilines is 1. The van der Waals surface area contributed by atoms with Crippen molar-refractivity contribution in [2.75, 3.05) is 25.0 Å². The number of nitrogens with one attached hydrogen (secondary N) is 1. The van der Waals surface area contributed by atoms with E-state index in [2.05, 4.69) is 5.32 Å². The Morgan fingerprint density at radius 3 is 2.59 bits per heavy atom. The van der Waals surface area contributed by atoms with Gasteiger partial charge in [0.05, 0.1) is 4.90 Å². The molecule has 0 radical (unpaired) electrons. The van der Waals surface area contributed by atoms with E-state index in [1.165, 1.54) is 34.6 Å². The van der Waals surface area contributed by atoms with Crippen molar-refractivity contribution in [3.63, 3.8) is 0 Å². The summed E-state index contributed by atoms with van der Waals surface area (Å²) in [6, 6.07) is 10.4. The Morgan fingerprint density at radius 1 is 1.14 bits per heavy atom. The molecular weight excluding hydrogens is 396 g/mol. The van der Waals surface area contributed by atoms with Gasteiger partial charge in [-0.3, -0.25) is 4.79 Å². The monoisotopic (exact) mass is 418 g/mol. The maximum atomic E-state index is 12.6. The largest absolute Gasteiger partial charge is 0.507 e. The van der Waals surface area contributed by atoms with Crippen molar-refractivity contribution in [2.45, 2.75) is 24.7 Å². The van der Waals surface area contributed by atoms with Crippen molar-refractivity contribution in [3.05, 3.63) is 53.6 Å². The first-order chi connectivity index (χ1) is 13.8. The number of benzene rings is 2. The van der Waals surface area contributed by atoms with Gasteiger partial charge in [0, 0.05) is 18.8 Å². The van der Waals surface area contributed by atoms with Crippen LogP contribution >= 0.6 is 0 Å². The second kappa shape index (κ2) is 8.62. The number of ether oxygens (including phenoxy) is 1. The second-order valence-corrected chi connectivity index (χ2v) is 8.72. The van der Waals surface area contributed by atoms with Crippen LogP contribution in [0.5, 0.6) is 5.75 Å². The van der Waals surface area contributed by atoms with E-state index in [0.717, 1.165) is 18.4 Å². The first kappa shape index (κ1) is 20.8. The van der Waals surface area contributed by atoms with Crippen molar-refractivity contribution in [1.29, 1.82) is 0 Å². The van der Waals surface area contributed by atoms with Crippen LogP contribution in [0.25, 0.3) is 0 Å². The van der Waals surface area contributed by atoms with Crippen LogP contribution in [0, 0.1) is 6.92 Å². The lowest BCUT2D eigenvalue weighted by Crippen LogP contribution is -2.28. The zero-order valence-electron chi connectivity index (χ0n) is 15.9. The Morgan fingerprint density at radius 2 is 1.86 bits per heavy atom. The summed E-state index contributed by atoms with van der Waals surface area (Å²) in [7, 11) is -3.60. The third-order valence-electron chi connectivity index (χ3n) is 4.53. The second-order valence-electron chi connectivity index (χ2n) is 6.78. The number of carbonyl (C=O) groups excluding carboxylic acids is 2. The van der Waals surface area contributed by atoms with E-state index in [-0.39, 0.29) is 21.9 Å². The van der Waals surface area contributed by atoms with Crippen molar-refractivity contribution in [3.8, 4) is 5.75 Å². The number of aryl methyl sites for hydroxylation is 1. The molecule has 0 aliphatic carbocycles. The fourth-order valence-electron chi connectivity index (χ4n) is 3.03. The Hall–Kier alpha value is -2.91. The molecule has 0 bridgehead atoms. The normalized spacial score (nSPS) is 14.5. The van der Waals surface area contributed by atoms with Crippen LogP contribution in [0.15, 0.2) is 47.4 Å². The highest BCUT2D eigenvalue weighted by Gasteiger charge is 2.27. The number of esters is 1. The number of hydrogen-bond acceptors (Lipinski definition) is 6. The molecule has 2 aromatic carbocycles. The van der Waals surface area contributed by atoms with E-state index in [1.54, 1.807) is 19.1 Å². The first-order valence-corrected chi connectivity index (χ1v) is 10.6. The third kappa shape index (κ3) is 4.93. The zero-order valence-corrected chi connectivity index (χ0v) is 16.7. The molecule has 2 aromatic rings. The van der Waals surface area contributed by atoms with Gasteiger partial charge in [-0.25, -0.2) is 13.2 Å². The lowest BCUT2D eigenvalue weighted by molar-refractivity contribution is -0.119. The highest BCUT2D eigenvalue weighted by Crippen LogP contribution is 2.23. The molecular formula is C20H22N2O6S. The molecule has 29 heavy (non-hydrogen) atoms. The Bertz CT molecular complexity index is 1030. The van der Waals surface area contributed by atoms with Crippen LogP contribution in [0.4, 0.5) is 5.69 Å². The standard InChI is InChI=1S/C20H22N2O6S/c1-14-7-8-18(23)17(11-14)20(25)28-13-19(24)21-15-5-4-6-16(12-15)29(26,27)22-9-2-3-10-22/h4-8,11-12,23H,2-3,9-10,13H2,1H3,(H,21,24). The van der Waals surface area contributed by atoms with Gasteiger partial charge in [-0.05, 0) is 50.1 Å². The molecule has 1 fully saturated rings. The number of amides is 1. The first-order valence-electron chi connectivity index (χ1n) is 9.14. The van der Waals surface area contributed by atoms with Crippen molar-refractivity contribution in [1.82, 2.24) is 4.31 Å². The van der Waals surface area contributed by atoms with Gasteiger partial charge in [-0.1, -0.05) is 17.7 Å². The number of phenolic OH excluding ortho intramolecular Hbond substituents is 1. The summed E-state index contributed by atoms with van der Waals surface area (Å²) in [6.45, 7) is 2.16. The fraction of sp³-hybridized carbons (Fsp3) is 0.300. The Kier molecular flexibility index (Phi) is 6.19. The number of hydrogen-bond donors (Lipinski definition) is 2. The summed E-state index contributed by atoms with van der Waals surface area (Å²) in [6.07, 6.45) is 1.66. The van der Waals surface area contributed by atoms with Gasteiger partial charge in [0.15, 0.2) is 6.61 Å². The molecule has 8 nitrogen and oxygen atoms in total. The van der Waals surface area contributed by atoms with Crippen LogP contribution in [-0.2, 0) is 19.6 Å². The molecule has 0 unspecified atom stereocenters.